The molecule has 1 saturated heterocycles. The van der Waals surface area contributed by atoms with Crippen LogP contribution in [-0.2, 0) is 4.74 Å². The number of hydrogen-bond acceptors (Lipinski definition) is 4. The first kappa shape index (κ1) is 11.5. The highest BCUT2D eigenvalue weighted by molar-refractivity contribution is 9.09. The summed E-state index contributed by atoms with van der Waals surface area (Å²) in [6.45, 7) is 3.10. The molecule has 1 amide bonds. The number of carbonyl (C=O) groups excluding carboxylic acids is 1. The van der Waals surface area contributed by atoms with Crippen LogP contribution in [0.5, 0.6) is 0 Å². The number of nitrogens with zero attached hydrogens (tertiary/aromatic N) is 3. The van der Waals surface area contributed by atoms with Gasteiger partial charge in [-0.1, -0.05) is 15.9 Å². The number of hydrogen-bond donors (Lipinski definition) is 1. The van der Waals surface area contributed by atoms with E-state index in [1.807, 2.05) is 6.92 Å². The average Bonchev–Trinajstić information content (AvgIpc) is 2.82. The Morgan fingerprint density at radius 2 is 2.62 bits per heavy atom. The van der Waals surface area contributed by atoms with Crippen molar-refractivity contribution in [3.05, 3.63) is 11.9 Å². The Kier molecular flexibility index (Phi) is 3.55. The van der Waals surface area contributed by atoms with Crippen molar-refractivity contribution >= 4 is 21.8 Å². The van der Waals surface area contributed by atoms with Gasteiger partial charge in [0.05, 0.1) is 24.9 Å². The van der Waals surface area contributed by atoms with Gasteiger partial charge in [-0.25, -0.2) is 0 Å². The fourth-order valence-electron chi connectivity index (χ4n) is 1.65. The van der Waals surface area contributed by atoms with Crippen LogP contribution in [0.2, 0.25) is 0 Å². The van der Waals surface area contributed by atoms with Gasteiger partial charge in [-0.05, 0) is 6.92 Å². The Labute approximate surface area is 101 Å². The van der Waals surface area contributed by atoms with E-state index >= 15 is 0 Å². The number of ether oxygens (including phenoxy) is 1. The van der Waals surface area contributed by atoms with Crippen molar-refractivity contribution in [2.45, 2.75) is 19.1 Å². The van der Waals surface area contributed by atoms with Crippen molar-refractivity contribution in [1.82, 2.24) is 20.3 Å². The third-order valence-electron chi connectivity index (χ3n) is 2.57. The van der Waals surface area contributed by atoms with Gasteiger partial charge in [-0.15, -0.1) is 0 Å². The van der Waals surface area contributed by atoms with E-state index in [4.69, 9.17) is 4.74 Å². The molecular weight excluding hydrogens is 276 g/mol. The van der Waals surface area contributed by atoms with E-state index < -0.39 is 0 Å². The van der Waals surface area contributed by atoms with Crippen molar-refractivity contribution in [3.63, 3.8) is 0 Å². The van der Waals surface area contributed by atoms with Crippen LogP contribution in [0.3, 0.4) is 0 Å². The number of morpholine rings is 1. The topological polar surface area (TPSA) is 71.1 Å². The van der Waals surface area contributed by atoms with Crippen LogP contribution in [0.15, 0.2) is 6.20 Å². The van der Waals surface area contributed by atoms with Crippen molar-refractivity contribution in [1.29, 1.82) is 0 Å². The fourth-order valence-corrected chi connectivity index (χ4v) is 2.04. The predicted molar refractivity (Wildman–Crippen MR) is 60.4 cm³/mol. The van der Waals surface area contributed by atoms with E-state index in [0.717, 1.165) is 5.33 Å². The number of aromatic amines is 1. The molecule has 2 atom stereocenters. The van der Waals surface area contributed by atoms with Gasteiger partial charge in [0.25, 0.3) is 5.91 Å². The lowest BCUT2D eigenvalue weighted by Gasteiger charge is -2.37. The molecular formula is C9H13BrN4O2. The van der Waals surface area contributed by atoms with Crippen LogP contribution in [0.4, 0.5) is 0 Å². The maximum absolute atomic E-state index is 12.1. The van der Waals surface area contributed by atoms with Crippen LogP contribution < -0.4 is 0 Å². The number of aromatic nitrogens is 3. The number of halogens is 1. The summed E-state index contributed by atoms with van der Waals surface area (Å²) in [5.41, 5.74) is 0.349. The second-order valence-electron chi connectivity index (χ2n) is 3.77. The largest absolute Gasteiger partial charge is 0.373 e. The molecule has 1 aliphatic heterocycles. The third-order valence-corrected chi connectivity index (χ3v) is 3.29. The lowest BCUT2D eigenvalue weighted by Crippen LogP contribution is -2.51. The monoisotopic (exact) mass is 288 g/mol. The number of H-pyrrole nitrogens is 1. The number of rotatable bonds is 2. The molecule has 1 aliphatic rings. The maximum Gasteiger partial charge on any atom is 0.276 e. The molecule has 0 radical (unpaired) electrons. The summed E-state index contributed by atoms with van der Waals surface area (Å²) in [5, 5.41) is 10.6. The molecule has 1 N–H and O–H groups in total. The van der Waals surface area contributed by atoms with Crippen molar-refractivity contribution in [3.8, 4) is 0 Å². The first-order chi connectivity index (χ1) is 7.72. The lowest BCUT2D eigenvalue weighted by molar-refractivity contribution is -0.0363. The van der Waals surface area contributed by atoms with E-state index in [1.54, 1.807) is 4.90 Å². The van der Waals surface area contributed by atoms with Gasteiger partial charge in [-0.3, -0.25) is 4.79 Å². The number of carbonyl (C=O) groups is 1. The second-order valence-corrected chi connectivity index (χ2v) is 4.42. The van der Waals surface area contributed by atoms with E-state index in [9.17, 15) is 4.79 Å². The van der Waals surface area contributed by atoms with Crippen molar-refractivity contribution < 1.29 is 9.53 Å². The zero-order chi connectivity index (χ0) is 11.5. The molecule has 0 spiro atoms. The fraction of sp³-hybridized carbons (Fsp3) is 0.667. The smallest absolute Gasteiger partial charge is 0.276 e. The van der Waals surface area contributed by atoms with Crippen LogP contribution in [0, 0.1) is 0 Å². The highest BCUT2D eigenvalue weighted by atomic mass is 79.9. The Balaban J connectivity index is 2.09. The molecule has 2 rings (SSSR count). The normalized spacial score (nSPS) is 25.8. The van der Waals surface area contributed by atoms with Gasteiger partial charge >= 0.3 is 0 Å². The molecule has 0 bridgehead atoms. The average molecular weight is 289 g/mol. The van der Waals surface area contributed by atoms with Gasteiger partial charge in [-0.2, -0.15) is 15.4 Å². The van der Waals surface area contributed by atoms with Gasteiger partial charge < -0.3 is 9.64 Å². The molecule has 6 nitrogen and oxygen atoms in total. The molecule has 1 aromatic heterocycles. The minimum Gasteiger partial charge on any atom is -0.373 e. The minimum atomic E-state index is -0.101. The third kappa shape index (κ3) is 2.25. The van der Waals surface area contributed by atoms with Crippen LogP contribution in [0.1, 0.15) is 17.4 Å². The molecule has 0 aromatic carbocycles. The molecule has 2 unspecified atom stereocenters. The molecule has 2 heterocycles. The summed E-state index contributed by atoms with van der Waals surface area (Å²) in [7, 11) is 0. The van der Waals surface area contributed by atoms with Crippen LogP contribution >= 0.6 is 15.9 Å². The quantitative estimate of drug-likeness (QED) is 0.801. The molecule has 16 heavy (non-hydrogen) atoms. The zero-order valence-corrected chi connectivity index (χ0v) is 10.5. The van der Waals surface area contributed by atoms with E-state index in [2.05, 4.69) is 31.3 Å². The predicted octanol–water partition coefficient (Wildman–Crippen LogP) is 0.429. The van der Waals surface area contributed by atoms with Crippen LogP contribution in [-0.4, -0.2) is 56.8 Å². The van der Waals surface area contributed by atoms with Crippen molar-refractivity contribution in [2.24, 2.45) is 0 Å². The summed E-state index contributed by atoms with van der Waals surface area (Å²) < 4.78 is 5.55. The first-order valence-electron chi connectivity index (χ1n) is 5.06. The van der Waals surface area contributed by atoms with E-state index in [1.165, 1.54) is 6.20 Å². The first-order valence-corrected chi connectivity index (χ1v) is 6.19. The van der Waals surface area contributed by atoms with Gasteiger partial charge in [0.15, 0.2) is 5.69 Å². The number of nitrogens with one attached hydrogen (secondary N) is 1. The molecule has 1 aromatic rings. The van der Waals surface area contributed by atoms with Gasteiger partial charge in [0.2, 0.25) is 0 Å². The zero-order valence-electron chi connectivity index (χ0n) is 8.89. The molecule has 0 aliphatic carbocycles. The van der Waals surface area contributed by atoms with E-state index in [-0.39, 0.29) is 18.1 Å². The van der Waals surface area contributed by atoms with E-state index in [0.29, 0.717) is 18.8 Å². The highest BCUT2D eigenvalue weighted by Crippen LogP contribution is 2.15. The summed E-state index contributed by atoms with van der Waals surface area (Å²) >= 11 is 3.36. The van der Waals surface area contributed by atoms with Gasteiger partial charge in [0.1, 0.15) is 0 Å². The Hall–Kier alpha value is -0.950. The summed E-state index contributed by atoms with van der Waals surface area (Å²) in [6.07, 6.45) is 1.49. The number of alkyl halides is 1. The van der Waals surface area contributed by atoms with Crippen molar-refractivity contribution in [2.75, 3.05) is 18.5 Å². The Morgan fingerprint density at radius 3 is 3.25 bits per heavy atom. The summed E-state index contributed by atoms with van der Waals surface area (Å²) in [5.74, 6) is -0.101. The highest BCUT2D eigenvalue weighted by Gasteiger charge is 2.30. The minimum absolute atomic E-state index is 0.0482. The SMILES string of the molecule is CC1COC(CBr)CN1C(=O)c1cn[nH]n1. The molecule has 88 valence electrons. The van der Waals surface area contributed by atoms with Crippen LogP contribution in [0.25, 0.3) is 0 Å². The molecule has 7 heteroatoms. The second kappa shape index (κ2) is 4.92. The summed E-state index contributed by atoms with van der Waals surface area (Å²) in [4.78, 5) is 13.8. The molecule has 1 fully saturated rings. The van der Waals surface area contributed by atoms with Gasteiger partial charge in [0, 0.05) is 11.9 Å². The lowest BCUT2D eigenvalue weighted by atomic mass is 10.2. The number of amides is 1. The Bertz CT molecular complexity index is 356. The molecule has 0 saturated carbocycles. The summed E-state index contributed by atoms with van der Waals surface area (Å²) in [6, 6.07) is 0.0690. The maximum atomic E-state index is 12.1. The standard InChI is InChI=1S/C9H13BrN4O2/c1-6-5-16-7(2-10)4-14(6)9(15)8-3-11-13-12-8/h3,6-7H,2,4-5H2,1H3,(H,11,12,13). The Morgan fingerprint density at radius 1 is 1.81 bits per heavy atom.